The van der Waals surface area contributed by atoms with Crippen LogP contribution in [-0.2, 0) is 16.0 Å². The molecule has 1 atom stereocenters. The molecule has 2 aromatic carbocycles. The average molecular weight is 376 g/mol. The third-order valence-corrected chi connectivity index (χ3v) is 4.21. The molecule has 0 aliphatic carbocycles. The van der Waals surface area contributed by atoms with Gasteiger partial charge in [0.05, 0.1) is 12.2 Å². The highest BCUT2D eigenvalue weighted by atomic mass is 19.4. The number of rotatable bonds is 4. The van der Waals surface area contributed by atoms with E-state index >= 15 is 0 Å². The number of ether oxygens (including phenoxy) is 2. The van der Waals surface area contributed by atoms with E-state index in [2.05, 4.69) is 0 Å². The quantitative estimate of drug-likeness (QED) is 0.715. The molecule has 0 radical (unpaired) electrons. The zero-order chi connectivity index (χ0) is 19.6. The lowest BCUT2D eigenvalue weighted by molar-refractivity contribution is -0.188. The summed E-state index contributed by atoms with van der Waals surface area (Å²) in [5.74, 6) is -0.864. The van der Waals surface area contributed by atoms with E-state index < -0.39 is 23.8 Å². The molecule has 6 heteroatoms. The number of aryl methyl sites for hydroxylation is 1. The first-order valence-electron chi connectivity index (χ1n) is 8.59. The van der Waals surface area contributed by atoms with Gasteiger partial charge in [-0.3, -0.25) is 0 Å². The topological polar surface area (TPSA) is 35.5 Å². The predicted octanol–water partition coefficient (Wildman–Crippen LogP) is 4.86. The third-order valence-electron chi connectivity index (χ3n) is 4.21. The van der Waals surface area contributed by atoms with Crippen molar-refractivity contribution in [3.8, 4) is 5.75 Å². The monoisotopic (exact) mass is 376 g/mol. The standard InChI is InChI=1S/C21H19F3O3/c1-3-26-20(25)17-12-16-10-13(2)9-15(11-14-7-5-4-6-8-14)18(16)27-19(17)21(22,23)24/h4-10,12,19H,3,11H2,1-2H3. The number of esters is 1. The molecule has 0 bridgehead atoms. The minimum Gasteiger partial charge on any atom is -0.475 e. The molecule has 0 saturated carbocycles. The van der Waals surface area contributed by atoms with Gasteiger partial charge in [0.2, 0.25) is 6.10 Å². The van der Waals surface area contributed by atoms with Gasteiger partial charge in [-0.05, 0) is 42.7 Å². The fourth-order valence-electron chi connectivity index (χ4n) is 3.12. The van der Waals surface area contributed by atoms with Crippen LogP contribution in [-0.4, -0.2) is 24.9 Å². The summed E-state index contributed by atoms with van der Waals surface area (Å²) in [6.45, 7) is 3.38. The van der Waals surface area contributed by atoms with Crippen LogP contribution in [0.3, 0.4) is 0 Å². The molecule has 0 aromatic heterocycles. The average Bonchev–Trinajstić information content (AvgIpc) is 2.61. The van der Waals surface area contributed by atoms with Crippen LogP contribution in [0.5, 0.6) is 5.75 Å². The largest absolute Gasteiger partial charge is 0.475 e. The fraction of sp³-hybridized carbons (Fsp3) is 0.286. The Morgan fingerprint density at radius 2 is 1.89 bits per heavy atom. The third kappa shape index (κ3) is 4.15. The van der Waals surface area contributed by atoms with E-state index in [-0.39, 0.29) is 12.4 Å². The van der Waals surface area contributed by atoms with Crippen molar-refractivity contribution in [2.45, 2.75) is 32.5 Å². The predicted molar refractivity (Wildman–Crippen MR) is 95.5 cm³/mol. The molecule has 2 aromatic rings. The van der Waals surface area contributed by atoms with Gasteiger partial charge in [-0.1, -0.05) is 36.4 Å². The van der Waals surface area contributed by atoms with E-state index in [0.717, 1.165) is 11.1 Å². The lowest BCUT2D eigenvalue weighted by atomic mass is 9.94. The van der Waals surface area contributed by atoms with Crippen molar-refractivity contribution in [1.82, 2.24) is 0 Å². The van der Waals surface area contributed by atoms with Gasteiger partial charge in [0.1, 0.15) is 5.75 Å². The smallest absolute Gasteiger partial charge is 0.430 e. The van der Waals surface area contributed by atoms with Gasteiger partial charge in [-0.15, -0.1) is 0 Å². The summed E-state index contributed by atoms with van der Waals surface area (Å²) in [4.78, 5) is 12.1. The zero-order valence-electron chi connectivity index (χ0n) is 15.0. The lowest BCUT2D eigenvalue weighted by Crippen LogP contribution is -2.41. The first kappa shape index (κ1) is 19.0. The second kappa shape index (κ2) is 7.47. The molecule has 0 spiro atoms. The lowest BCUT2D eigenvalue weighted by Gasteiger charge is -2.29. The van der Waals surface area contributed by atoms with E-state index in [9.17, 15) is 18.0 Å². The molecular weight excluding hydrogens is 357 g/mol. The molecular formula is C21H19F3O3. The number of alkyl halides is 3. The Morgan fingerprint density at radius 1 is 1.19 bits per heavy atom. The van der Waals surface area contributed by atoms with E-state index in [1.165, 1.54) is 6.08 Å². The first-order valence-corrected chi connectivity index (χ1v) is 8.59. The molecule has 142 valence electrons. The molecule has 0 saturated heterocycles. The van der Waals surface area contributed by atoms with Crippen LogP contribution in [0.2, 0.25) is 0 Å². The van der Waals surface area contributed by atoms with Crippen LogP contribution in [0, 0.1) is 6.92 Å². The van der Waals surface area contributed by atoms with Gasteiger partial charge < -0.3 is 9.47 Å². The van der Waals surface area contributed by atoms with E-state index in [4.69, 9.17) is 9.47 Å². The van der Waals surface area contributed by atoms with Crippen molar-refractivity contribution in [3.63, 3.8) is 0 Å². The summed E-state index contributed by atoms with van der Waals surface area (Å²) >= 11 is 0. The van der Waals surface area contributed by atoms with E-state index in [1.807, 2.05) is 43.3 Å². The highest BCUT2D eigenvalue weighted by molar-refractivity contribution is 5.96. The number of carbonyl (C=O) groups is 1. The highest BCUT2D eigenvalue weighted by Crippen LogP contribution is 2.40. The van der Waals surface area contributed by atoms with E-state index in [1.54, 1.807) is 13.0 Å². The normalized spacial score (nSPS) is 16.2. The van der Waals surface area contributed by atoms with Crippen LogP contribution >= 0.6 is 0 Å². The number of fused-ring (bicyclic) bond motifs is 1. The minimum atomic E-state index is -4.73. The maximum Gasteiger partial charge on any atom is 0.430 e. The highest BCUT2D eigenvalue weighted by Gasteiger charge is 2.49. The van der Waals surface area contributed by atoms with Crippen molar-refractivity contribution in [1.29, 1.82) is 0 Å². The van der Waals surface area contributed by atoms with Crippen molar-refractivity contribution >= 4 is 12.0 Å². The molecule has 1 aliphatic heterocycles. The van der Waals surface area contributed by atoms with Crippen molar-refractivity contribution < 1.29 is 27.4 Å². The van der Waals surface area contributed by atoms with Gasteiger partial charge in [-0.2, -0.15) is 13.2 Å². The zero-order valence-corrected chi connectivity index (χ0v) is 15.0. The maximum absolute atomic E-state index is 13.6. The van der Waals surface area contributed by atoms with Gasteiger partial charge in [-0.25, -0.2) is 4.79 Å². The summed E-state index contributed by atoms with van der Waals surface area (Å²) in [5.41, 5.74) is 2.38. The number of benzene rings is 2. The van der Waals surface area contributed by atoms with Crippen LogP contribution in [0.1, 0.15) is 29.2 Å². The Morgan fingerprint density at radius 3 is 2.52 bits per heavy atom. The molecule has 1 aliphatic rings. The minimum absolute atomic E-state index is 0.0132. The van der Waals surface area contributed by atoms with Gasteiger partial charge in [0, 0.05) is 12.0 Å². The Bertz CT molecular complexity index is 870. The van der Waals surface area contributed by atoms with Crippen LogP contribution in [0.4, 0.5) is 13.2 Å². The fourth-order valence-corrected chi connectivity index (χ4v) is 3.12. The SMILES string of the molecule is CCOC(=O)C1=Cc2cc(C)cc(Cc3ccccc3)c2OC1C(F)(F)F. The molecule has 27 heavy (non-hydrogen) atoms. The molecule has 3 rings (SSSR count). The van der Waals surface area contributed by atoms with Crippen molar-refractivity contribution in [3.05, 3.63) is 70.3 Å². The summed E-state index contributed by atoms with van der Waals surface area (Å²) in [7, 11) is 0. The molecule has 0 fully saturated rings. The first-order chi connectivity index (χ1) is 12.8. The Hall–Kier alpha value is -2.76. The maximum atomic E-state index is 13.6. The van der Waals surface area contributed by atoms with Gasteiger partial charge >= 0.3 is 12.1 Å². The molecule has 1 unspecified atom stereocenters. The Balaban J connectivity index is 2.08. The summed E-state index contributed by atoms with van der Waals surface area (Å²) in [5, 5.41) is 0. The molecule has 0 amide bonds. The number of carbonyl (C=O) groups excluding carboxylic acids is 1. The summed E-state index contributed by atoms with van der Waals surface area (Å²) in [6.07, 6.45) is -5.42. The Kier molecular flexibility index (Phi) is 5.26. The molecule has 3 nitrogen and oxygen atoms in total. The van der Waals surface area contributed by atoms with Gasteiger partial charge in [0.15, 0.2) is 0 Å². The summed E-state index contributed by atoms with van der Waals surface area (Å²) < 4.78 is 50.8. The van der Waals surface area contributed by atoms with E-state index in [0.29, 0.717) is 17.5 Å². The van der Waals surface area contributed by atoms with Crippen LogP contribution in [0.25, 0.3) is 6.08 Å². The number of halogens is 3. The van der Waals surface area contributed by atoms with Crippen LogP contribution in [0.15, 0.2) is 48.0 Å². The second-order valence-electron chi connectivity index (χ2n) is 6.36. The number of hydrogen-bond acceptors (Lipinski definition) is 3. The summed E-state index contributed by atoms with van der Waals surface area (Å²) in [6, 6.07) is 12.9. The van der Waals surface area contributed by atoms with Crippen molar-refractivity contribution in [2.24, 2.45) is 0 Å². The molecule has 0 N–H and O–H groups in total. The van der Waals surface area contributed by atoms with Crippen LogP contribution < -0.4 is 4.74 Å². The van der Waals surface area contributed by atoms with Gasteiger partial charge in [0.25, 0.3) is 0 Å². The number of hydrogen-bond donors (Lipinski definition) is 0. The Labute approximate surface area is 155 Å². The second-order valence-corrected chi connectivity index (χ2v) is 6.36. The molecule has 1 heterocycles. The van der Waals surface area contributed by atoms with Crippen molar-refractivity contribution in [2.75, 3.05) is 6.61 Å².